The van der Waals surface area contributed by atoms with E-state index in [1.165, 1.54) is 52.0 Å². The number of amides is 1. The minimum Gasteiger partial charge on any atom is -0.505 e. The zero-order valence-corrected chi connectivity index (χ0v) is 18.5. The Hall–Kier alpha value is -1.87. The third-order valence-corrected chi connectivity index (χ3v) is 4.88. The number of fused-ring (bicyclic) bond motifs is 1. The number of methoxy groups -OCH3 is 1. The number of nitrogens with zero attached hydrogens (tertiary/aromatic N) is 2. The van der Waals surface area contributed by atoms with Crippen LogP contribution in [0, 0.1) is 29.1 Å². The zero-order chi connectivity index (χ0) is 21.8. The minimum absolute atomic E-state index is 0.174. The molecule has 1 saturated carbocycles. The molecule has 2 saturated heterocycles. The van der Waals surface area contributed by atoms with Crippen molar-refractivity contribution in [2.75, 3.05) is 26.7 Å². The SMILES string of the molecule is C1CCC2CNCC2C1.C=COC.CC.CC1CC(C#N)N(C=O)C1.CC=O. The summed E-state index contributed by atoms with van der Waals surface area (Å²) in [7, 11) is 1.56. The second-order valence-electron chi connectivity index (χ2n) is 6.89. The average Bonchev–Trinajstić information content (AvgIpc) is 3.36. The first kappa shape index (κ1) is 28.3. The molecular formula is C22H41N3O3. The predicted molar refractivity (Wildman–Crippen MR) is 115 cm³/mol. The third kappa shape index (κ3) is 12.5. The van der Waals surface area contributed by atoms with Crippen molar-refractivity contribution in [1.29, 1.82) is 5.26 Å². The van der Waals surface area contributed by atoms with Crippen LogP contribution in [0.15, 0.2) is 12.8 Å². The lowest BCUT2D eigenvalue weighted by Gasteiger charge is -2.23. The maximum atomic E-state index is 10.3. The summed E-state index contributed by atoms with van der Waals surface area (Å²) in [6.07, 6.45) is 9.69. The van der Waals surface area contributed by atoms with Gasteiger partial charge in [0.1, 0.15) is 12.3 Å². The Bertz CT molecular complexity index is 425. The van der Waals surface area contributed by atoms with Crippen LogP contribution in [0.5, 0.6) is 0 Å². The smallest absolute Gasteiger partial charge is 0.210 e. The normalized spacial score (nSPS) is 26.5. The van der Waals surface area contributed by atoms with Gasteiger partial charge < -0.3 is 19.7 Å². The van der Waals surface area contributed by atoms with Gasteiger partial charge in [-0.2, -0.15) is 5.26 Å². The first-order chi connectivity index (χ1) is 13.6. The molecule has 6 nitrogen and oxygen atoms in total. The first-order valence-corrected chi connectivity index (χ1v) is 10.4. The fourth-order valence-corrected chi connectivity index (χ4v) is 3.60. The van der Waals surface area contributed by atoms with Crippen molar-refractivity contribution < 1.29 is 14.3 Å². The van der Waals surface area contributed by atoms with E-state index in [2.05, 4.69) is 22.7 Å². The highest BCUT2D eigenvalue weighted by atomic mass is 16.5. The molecule has 28 heavy (non-hydrogen) atoms. The molecule has 0 aromatic heterocycles. The number of carbonyl (C=O) groups excluding carboxylic acids is 2. The van der Waals surface area contributed by atoms with E-state index < -0.39 is 0 Å². The fourth-order valence-electron chi connectivity index (χ4n) is 3.60. The Morgan fingerprint density at radius 2 is 1.64 bits per heavy atom. The average molecular weight is 396 g/mol. The number of carbonyl (C=O) groups is 2. The summed E-state index contributed by atoms with van der Waals surface area (Å²) >= 11 is 0. The van der Waals surface area contributed by atoms with E-state index in [-0.39, 0.29) is 6.04 Å². The number of aldehydes is 1. The number of nitrogens with one attached hydrogen (secondary N) is 1. The van der Waals surface area contributed by atoms with Crippen molar-refractivity contribution >= 4 is 12.7 Å². The van der Waals surface area contributed by atoms with Crippen molar-refractivity contribution in [2.45, 2.75) is 65.8 Å². The molecule has 162 valence electrons. The van der Waals surface area contributed by atoms with E-state index in [0.29, 0.717) is 5.92 Å². The fraction of sp³-hybridized carbons (Fsp3) is 0.773. The van der Waals surface area contributed by atoms with E-state index in [1.54, 1.807) is 12.0 Å². The summed E-state index contributed by atoms with van der Waals surface area (Å²) < 4.78 is 4.31. The second kappa shape index (κ2) is 19.9. The van der Waals surface area contributed by atoms with Gasteiger partial charge in [0, 0.05) is 6.54 Å². The molecule has 0 spiro atoms. The number of likely N-dealkylation sites (tertiary alicyclic amines) is 1. The van der Waals surface area contributed by atoms with Crippen LogP contribution in [0.4, 0.5) is 0 Å². The molecule has 2 aliphatic heterocycles. The van der Waals surface area contributed by atoms with Crippen LogP contribution in [0.3, 0.4) is 0 Å². The lowest BCUT2D eigenvalue weighted by Crippen LogP contribution is -2.26. The quantitative estimate of drug-likeness (QED) is 0.568. The van der Waals surface area contributed by atoms with Crippen molar-refractivity contribution in [2.24, 2.45) is 17.8 Å². The van der Waals surface area contributed by atoms with Crippen LogP contribution < -0.4 is 5.32 Å². The molecule has 0 bridgehead atoms. The monoisotopic (exact) mass is 395 g/mol. The van der Waals surface area contributed by atoms with Gasteiger partial charge in [-0.25, -0.2) is 0 Å². The number of hydrogen-bond acceptors (Lipinski definition) is 5. The van der Waals surface area contributed by atoms with Crippen molar-refractivity contribution in [3.8, 4) is 6.07 Å². The van der Waals surface area contributed by atoms with Gasteiger partial charge in [-0.1, -0.05) is 40.2 Å². The van der Waals surface area contributed by atoms with Crippen molar-refractivity contribution in [3.63, 3.8) is 0 Å². The van der Waals surface area contributed by atoms with Crippen LogP contribution >= 0.6 is 0 Å². The van der Waals surface area contributed by atoms with Crippen molar-refractivity contribution in [1.82, 2.24) is 10.2 Å². The maximum Gasteiger partial charge on any atom is 0.210 e. The van der Waals surface area contributed by atoms with E-state index in [1.807, 2.05) is 20.8 Å². The lowest BCUT2D eigenvalue weighted by atomic mass is 9.82. The Kier molecular flexibility index (Phi) is 20.1. The van der Waals surface area contributed by atoms with Gasteiger partial charge in [-0.05, 0) is 57.0 Å². The Morgan fingerprint density at radius 1 is 1.18 bits per heavy atom. The highest BCUT2D eigenvalue weighted by molar-refractivity contribution is 5.49. The number of nitriles is 1. The summed E-state index contributed by atoms with van der Waals surface area (Å²) in [5.41, 5.74) is 0. The molecule has 3 rings (SSSR count). The number of ether oxygens (including phenoxy) is 1. The molecule has 0 aromatic rings. The van der Waals surface area contributed by atoms with Crippen LogP contribution in [-0.2, 0) is 14.3 Å². The topological polar surface area (TPSA) is 82.4 Å². The van der Waals surface area contributed by atoms with Gasteiger partial charge in [-0.3, -0.25) is 4.79 Å². The van der Waals surface area contributed by atoms with Gasteiger partial charge >= 0.3 is 0 Å². The molecule has 1 aliphatic carbocycles. The van der Waals surface area contributed by atoms with E-state index in [9.17, 15) is 4.79 Å². The summed E-state index contributed by atoms with van der Waals surface area (Å²) in [6.45, 7) is 14.1. The molecular weight excluding hydrogens is 354 g/mol. The third-order valence-electron chi connectivity index (χ3n) is 4.88. The first-order valence-electron chi connectivity index (χ1n) is 10.4. The molecule has 4 unspecified atom stereocenters. The second-order valence-corrected chi connectivity index (χ2v) is 6.89. The molecule has 0 aromatic carbocycles. The van der Waals surface area contributed by atoms with E-state index >= 15 is 0 Å². The van der Waals surface area contributed by atoms with Crippen LogP contribution in [0.25, 0.3) is 0 Å². The van der Waals surface area contributed by atoms with E-state index in [4.69, 9.17) is 10.1 Å². The summed E-state index contributed by atoms with van der Waals surface area (Å²) in [5, 5.41) is 12.0. The number of rotatable bonds is 2. The molecule has 2 heterocycles. The highest BCUT2D eigenvalue weighted by Crippen LogP contribution is 2.31. The van der Waals surface area contributed by atoms with Gasteiger partial charge in [0.2, 0.25) is 6.41 Å². The van der Waals surface area contributed by atoms with Crippen LogP contribution in [0.2, 0.25) is 0 Å². The molecule has 3 fully saturated rings. The maximum absolute atomic E-state index is 10.3. The molecule has 4 atom stereocenters. The lowest BCUT2D eigenvalue weighted by molar-refractivity contribution is -0.118. The Morgan fingerprint density at radius 3 is 1.96 bits per heavy atom. The molecule has 1 amide bonds. The molecule has 3 aliphatic rings. The van der Waals surface area contributed by atoms with Crippen molar-refractivity contribution in [3.05, 3.63) is 12.8 Å². The molecule has 6 heteroatoms. The van der Waals surface area contributed by atoms with Gasteiger partial charge in [0.05, 0.1) is 19.4 Å². The van der Waals surface area contributed by atoms with Gasteiger partial charge in [0.25, 0.3) is 0 Å². The zero-order valence-electron chi connectivity index (χ0n) is 18.5. The standard InChI is InChI=1S/C8H15N.C7H10N2O.C3H6O.C2H4O.C2H6/c1-2-4-8-6-9-5-7(8)3-1;1-6-2-7(3-8)9(4-6)5-10;1-3-4-2;1-2-3;1-2/h7-9H,1-6H2;5-7H,2,4H2,1H3;3H,1H2,2H3;2H,1H3;1-2H3. The highest BCUT2D eigenvalue weighted by Gasteiger charge is 2.29. The van der Waals surface area contributed by atoms with E-state index in [0.717, 1.165) is 37.5 Å². The largest absolute Gasteiger partial charge is 0.505 e. The van der Waals surface area contributed by atoms with Crippen LogP contribution in [-0.4, -0.2) is 50.4 Å². The minimum atomic E-state index is -0.174. The summed E-state index contributed by atoms with van der Waals surface area (Å²) in [6, 6.07) is 1.92. The Balaban J connectivity index is 0. The molecule has 1 N–H and O–H groups in total. The van der Waals surface area contributed by atoms with Gasteiger partial charge in [0.15, 0.2) is 0 Å². The van der Waals surface area contributed by atoms with Gasteiger partial charge in [-0.15, -0.1) is 0 Å². The summed E-state index contributed by atoms with van der Waals surface area (Å²) in [4.78, 5) is 20.7. The Labute approximate surface area is 172 Å². The summed E-state index contributed by atoms with van der Waals surface area (Å²) in [5.74, 6) is 2.59. The van der Waals surface area contributed by atoms with Crippen LogP contribution in [0.1, 0.15) is 59.8 Å². The number of hydrogen-bond donors (Lipinski definition) is 1. The predicted octanol–water partition coefficient (Wildman–Crippen LogP) is 3.78. The molecule has 0 radical (unpaired) electrons.